The third kappa shape index (κ3) is 2.31. The number of anilines is 1. The third-order valence-electron chi connectivity index (χ3n) is 3.58. The zero-order valence-electron chi connectivity index (χ0n) is 11.0. The summed E-state index contributed by atoms with van der Waals surface area (Å²) in [5.74, 6) is 0.700. The molecule has 4 heteroatoms. The quantitative estimate of drug-likeness (QED) is 0.855. The van der Waals surface area contributed by atoms with Crippen molar-refractivity contribution >= 4 is 5.69 Å². The fourth-order valence-corrected chi connectivity index (χ4v) is 2.72. The topological polar surface area (TPSA) is 52.9 Å². The molecular formula is C14H21NO3. The van der Waals surface area contributed by atoms with Crippen LogP contribution in [0.15, 0.2) is 18.2 Å². The van der Waals surface area contributed by atoms with Crippen molar-refractivity contribution in [3.8, 4) is 5.75 Å². The second-order valence-corrected chi connectivity index (χ2v) is 4.74. The summed E-state index contributed by atoms with van der Waals surface area (Å²) in [6.07, 6.45) is 1.48. The van der Waals surface area contributed by atoms with Crippen LogP contribution in [-0.4, -0.2) is 36.5 Å². The molecule has 1 aromatic rings. The maximum absolute atomic E-state index is 9.97. The molecule has 0 radical (unpaired) electrons. The molecule has 0 saturated carbocycles. The van der Waals surface area contributed by atoms with Gasteiger partial charge in [0, 0.05) is 17.8 Å². The number of rotatable bonds is 4. The Morgan fingerprint density at radius 3 is 2.89 bits per heavy atom. The van der Waals surface area contributed by atoms with Gasteiger partial charge in [-0.1, -0.05) is 6.07 Å². The second kappa shape index (κ2) is 5.59. The van der Waals surface area contributed by atoms with Gasteiger partial charge in [-0.05, 0) is 31.9 Å². The van der Waals surface area contributed by atoms with Crippen LogP contribution in [0.5, 0.6) is 5.75 Å². The minimum atomic E-state index is -0.587. The standard InChI is InChI=1S/C14H21NO3/c1-10(17)14-12(6-3-7-13(14)18-2)15-8-4-5-11(15)9-16/h3,6-7,10-11,16-17H,4-5,8-9H2,1-2H3/t10-,11?/m1/s1. The number of aliphatic hydroxyl groups excluding tert-OH is 2. The van der Waals surface area contributed by atoms with Crippen LogP contribution >= 0.6 is 0 Å². The van der Waals surface area contributed by atoms with Gasteiger partial charge in [0.2, 0.25) is 0 Å². The summed E-state index contributed by atoms with van der Waals surface area (Å²) in [7, 11) is 1.61. The Balaban J connectivity index is 2.43. The molecule has 0 amide bonds. The highest BCUT2D eigenvalue weighted by atomic mass is 16.5. The second-order valence-electron chi connectivity index (χ2n) is 4.74. The Hall–Kier alpha value is -1.26. The average Bonchev–Trinajstić information content (AvgIpc) is 2.85. The molecule has 0 bridgehead atoms. The van der Waals surface area contributed by atoms with E-state index in [0.717, 1.165) is 30.6 Å². The first-order chi connectivity index (χ1) is 8.69. The van der Waals surface area contributed by atoms with E-state index >= 15 is 0 Å². The van der Waals surface area contributed by atoms with Gasteiger partial charge in [0.25, 0.3) is 0 Å². The lowest BCUT2D eigenvalue weighted by atomic mass is 10.0. The summed E-state index contributed by atoms with van der Waals surface area (Å²) >= 11 is 0. The van der Waals surface area contributed by atoms with Gasteiger partial charge in [-0.15, -0.1) is 0 Å². The summed E-state index contributed by atoms with van der Waals surface area (Å²) < 4.78 is 5.33. The van der Waals surface area contributed by atoms with Gasteiger partial charge in [0.05, 0.1) is 25.9 Å². The number of ether oxygens (including phenoxy) is 1. The van der Waals surface area contributed by atoms with Crippen molar-refractivity contribution in [3.63, 3.8) is 0 Å². The summed E-state index contributed by atoms with van der Waals surface area (Å²) in [4.78, 5) is 2.17. The summed E-state index contributed by atoms with van der Waals surface area (Å²) in [5.41, 5.74) is 1.78. The van der Waals surface area contributed by atoms with Gasteiger partial charge in [0.15, 0.2) is 0 Å². The minimum absolute atomic E-state index is 0.148. The van der Waals surface area contributed by atoms with Crippen molar-refractivity contribution < 1.29 is 14.9 Å². The van der Waals surface area contributed by atoms with Crippen molar-refractivity contribution in [1.82, 2.24) is 0 Å². The lowest BCUT2D eigenvalue weighted by Crippen LogP contribution is -2.33. The molecule has 18 heavy (non-hydrogen) atoms. The molecule has 2 rings (SSSR count). The normalized spacial score (nSPS) is 21.1. The molecule has 100 valence electrons. The largest absolute Gasteiger partial charge is 0.496 e. The molecule has 1 aromatic carbocycles. The summed E-state index contributed by atoms with van der Waals surface area (Å²) in [6.45, 7) is 2.81. The van der Waals surface area contributed by atoms with E-state index in [4.69, 9.17) is 4.74 Å². The van der Waals surface area contributed by atoms with E-state index in [9.17, 15) is 10.2 Å². The van der Waals surface area contributed by atoms with Crippen molar-refractivity contribution in [1.29, 1.82) is 0 Å². The highest BCUT2D eigenvalue weighted by molar-refractivity contribution is 5.61. The first-order valence-electron chi connectivity index (χ1n) is 6.41. The van der Waals surface area contributed by atoms with Crippen LogP contribution in [0, 0.1) is 0 Å². The molecule has 4 nitrogen and oxygen atoms in total. The van der Waals surface area contributed by atoms with Crippen LogP contribution in [0.3, 0.4) is 0 Å². The lowest BCUT2D eigenvalue weighted by molar-refractivity contribution is 0.194. The van der Waals surface area contributed by atoms with E-state index in [1.165, 1.54) is 0 Å². The van der Waals surface area contributed by atoms with E-state index < -0.39 is 6.10 Å². The van der Waals surface area contributed by atoms with Crippen LogP contribution in [0.25, 0.3) is 0 Å². The van der Waals surface area contributed by atoms with Gasteiger partial charge in [-0.25, -0.2) is 0 Å². The summed E-state index contributed by atoms with van der Waals surface area (Å²) in [5, 5.41) is 19.4. The predicted octanol–water partition coefficient (Wildman–Crippen LogP) is 1.71. The fraction of sp³-hybridized carbons (Fsp3) is 0.571. The Kier molecular flexibility index (Phi) is 4.09. The summed E-state index contributed by atoms with van der Waals surface area (Å²) in [6, 6.07) is 5.91. The maximum atomic E-state index is 9.97. The number of benzene rings is 1. The van der Waals surface area contributed by atoms with Crippen LogP contribution in [0.2, 0.25) is 0 Å². The Bertz CT molecular complexity index is 406. The van der Waals surface area contributed by atoms with Crippen LogP contribution in [0.1, 0.15) is 31.4 Å². The molecule has 0 aromatic heterocycles. The van der Waals surface area contributed by atoms with Crippen LogP contribution in [-0.2, 0) is 0 Å². The number of hydrogen-bond acceptors (Lipinski definition) is 4. The minimum Gasteiger partial charge on any atom is -0.496 e. The number of aliphatic hydroxyl groups is 2. The van der Waals surface area contributed by atoms with E-state index in [2.05, 4.69) is 4.90 Å². The molecule has 1 aliphatic rings. The Morgan fingerprint density at radius 1 is 1.50 bits per heavy atom. The fourth-order valence-electron chi connectivity index (χ4n) is 2.72. The molecule has 1 unspecified atom stereocenters. The van der Waals surface area contributed by atoms with Gasteiger partial charge in [0.1, 0.15) is 5.75 Å². The van der Waals surface area contributed by atoms with Crippen molar-refractivity contribution in [2.45, 2.75) is 31.9 Å². The van der Waals surface area contributed by atoms with Crippen molar-refractivity contribution in [2.75, 3.05) is 25.2 Å². The van der Waals surface area contributed by atoms with Gasteiger partial charge >= 0.3 is 0 Å². The highest BCUT2D eigenvalue weighted by Crippen LogP contribution is 2.37. The van der Waals surface area contributed by atoms with Gasteiger partial charge in [-0.3, -0.25) is 0 Å². The number of nitrogens with zero attached hydrogens (tertiary/aromatic N) is 1. The van der Waals surface area contributed by atoms with Crippen molar-refractivity contribution in [2.24, 2.45) is 0 Å². The molecule has 1 fully saturated rings. The average molecular weight is 251 g/mol. The predicted molar refractivity (Wildman–Crippen MR) is 71.1 cm³/mol. The Labute approximate surface area is 108 Å². The van der Waals surface area contributed by atoms with Gasteiger partial charge < -0.3 is 19.8 Å². The monoisotopic (exact) mass is 251 g/mol. The molecular weight excluding hydrogens is 230 g/mol. The first-order valence-corrected chi connectivity index (χ1v) is 6.41. The zero-order valence-corrected chi connectivity index (χ0v) is 11.0. The molecule has 0 spiro atoms. The van der Waals surface area contributed by atoms with E-state index in [0.29, 0.717) is 5.75 Å². The number of methoxy groups -OCH3 is 1. The Morgan fingerprint density at radius 2 is 2.28 bits per heavy atom. The van der Waals surface area contributed by atoms with E-state index in [1.807, 2.05) is 18.2 Å². The SMILES string of the molecule is COc1cccc(N2CCCC2CO)c1[C@@H](C)O. The first kappa shape index (κ1) is 13.2. The van der Waals surface area contributed by atoms with Crippen LogP contribution < -0.4 is 9.64 Å². The molecule has 1 saturated heterocycles. The molecule has 1 heterocycles. The zero-order chi connectivity index (χ0) is 13.1. The van der Waals surface area contributed by atoms with E-state index in [-0.39, 0.29) is 12.6 Å². The van der Waals surface area contributed by atoms with Gasteiger partial charge in [-0.2, -0.15) is 0 Å². The third-order valence-corrected chi connectivity index (χ3v) is 3.58. The lowest BCUT2D eigenvalue weighted by Gasteiger charge is -2.29. The highest BCUT2D eigenvalue weighted by Gasteiger charge is 2.27. The van der Waals surface area contributed by atoms with Crippen molar-refractivity contribution in [3.05, 3.63) is 23.8 Å². The number of hydrogen-bond donors (Lipinski definition) is 2. The molecule has 2 N–H and O–H groups in total. The molecule has 0 aliphatic carbocycles. The van der Waals surface area contributed by atoms with E-state index in [1.54, 1.807) is 14.0 Å². The molecule has 1 aliphatic heterocycles. The van der Waals surface area contributed by atoms with Crippen LogP contribution in [0.4, 0.5) is 5.69 Å². The maximum Gasteiger partial charge on any atom is 0.126 e. The smallest absolute Gasteiger partial charge is 0.126 e. The molecule has 2 atom stereocenters.